The van der Waals surface area contributed by atoms with Crippen molar-refractivity contribution in [3.05, 3.63) is 129 Å². The minimum atomic E-state index is -3.64. The molecule has 4 aromatic rings. The molecule has 1 aromatic heterocycles. The van der Waals surface area contributed by atoms with Gasteiger partial charge in [0.05, 0.1) is 39.9 Å². The minimum absolute atomic E-state index is 0.00379. The number of nitrogens with one attached hydrogen (secondary N) is 2. The number of rotatable bonds is 20. The van der Waals surface area contributed by atoms with Gasteiger partial charge in [0.2, 0.25) is 5.91 Å². The van der Waals surface area contributed by atoms with Crippen LogP contribution in [0.1, 0.15) is 63.5 Å². The fraction of sp³-hybridized carbons (Fsp3) is 0.442. The monoisotopic (exact) mass is 832 g/mol. The van der Waals surface area contributed by atoms with E-state index in [0.717, 1.165) is 16.7 Å². The lowest BCUT2D eigenvalue weighted by atomic mass is 9.80. The maximum absolute atomic E-state index is 13.4. The number of amides is 1. The Morgan fingerprint density at radius 2 is 1.51 bits per heavy atom. The standard InChI is InChI=1S/C43H54N5O10P/c1-29(2)48(30(3)4)59(52,27-11-24-44)58-39-36(57-41(40(39)55-26-23-37(49)45-5)47-25-22-38(50)46-42(47)51)28-56-43(31-12-9-8-10-13-31,32-14-18-34(53-6)19-15-32)33-16-20-35(54-7)21-17-33/h8-10,12-22,25,29-30,36,39-41,52H,11,23,26-28H2,1-7H3,(H-,45,46,49,50,51)/p+1/t36-,39-,40-,41-,59?/m1/s1. The van der Waals surface area contributed by atoms with Crippen LogP contribution in [0.25, 0.3) is 0 Å². The second kappa shape index (κ2) is 20.4. The van der Waals surface area contributed by atoms with Crippen LogP contribution in [0, 0.1) is 11.3 Å². The first-order valence-corrected chi connectivity index (χ1v) is 21.3. The molecule has 59 heavy (non-hydrogen) atoms. The summed E-state index contributed by atoms with van der Waals surface area (Å²) in [6.45, 7) is 7.45. The first-order valence-electron chi connectivity index (χ1n) is 19.5. The highest BCUT2D eigenvalue weighted by atomic mass is 31.2. The van der Waals surface area contributed by atoms with E-state index in [2.05, 4.69) is 16.4 Å². The molecule has 3 aromatic carbocycles. The summed E-state index contributed by atoms with van der Waals surface area (Å²) in [7, 11) is 1.06. The molecule has 3 N–H and O–H groups in total. The van der Waals surface area contributed by atoms with E-state index in [1.54, 1.807) is 14.2 Å². The Morgan fingerprint density at radius 1 is 0.932 bits per heavy atom. The molecule has 316 valence electrons. The Hall–Kier alpha value is -4.91. The molecule has 16 heteroatoms. The van der Waals surface area contributed by atoms with E-state index in [0.29, 0.717) is 11.5 Å². The number of carbonyl (C=O) groups excluding carboxylic acids is 1. The zero-order valence-electron chi connectivity index (χ0n) is 34.6. The van der Waals surface area contributed by atoms with E-state index in [1.165, 1.54) is 23.9 Å². The largest absolute Gasteiger partial charge is 0.497 e. The lowest BCUT2D eigenvalue weighted by molar-refractivity contribution is -0.124. The molecule has 2 heterocycles. The average Bonchev–Trinajstić information content (AvgIpc) is 3.55. The van der Waals surface area contributed by atoms with Crippen LogP contribution in [-0.2, 0) is 29.1 Å². The number of H-pyrrole nitrogens is 1. The van der Waals surface area contributed by atoms with Gasteiger partial charge >= 0.3 is 13.6 Å². The van der Waals surface area contributed by atoms with Crippen LogP contribution in [0.3, 0.4) is 0 Å². The Bertz CT molecular complexity index is 2070. The fourth-order valence-electron chi connectivity index (χ4n) is 7.62. The van der Waals surface area contributed by atoms with Gasteiger partial charge in [-0.15, -0.1) is 4.67 Å². The van der Waals surface area contributed by atoms with Crippen molar-refractivity contribution in [2.75, 3.05) is 40.6 Å². The third-order valence-electron chi connectivity index (χ3n) is 10.2. The normalized spacial score (nSPS) is 19.1. The number of nitrogens with zero attached hydrogens (tertiary/aromatic N) is 3. The number of methoxy groups -OCH3 is 2. The van der Waals surface area contributed by atoms with Crippen LogP contribution >= 0.6 is 7.87 Å². The number of benzene rings is 3. The molecule has 0 aliphatic carbocycles. The SMILES string of the molecule is CNC(=O)CCO[C@@H]1[C@H](O[P+](O)(CCC#N)N(C(C)C)C(C)C)[C@@H](COC(c2ccccc2)(c2ccc(OC)cc2)c2ccc(OC)cc2)O[C@H]1n1ccc(=O)[nH]c1=O. The van der Waals surface area contributed by atoms with Crippen molar-refractivity contribution < 1.29 is 37.9 Å². The van der Waals surface area contributed by atoms with Gasteiger partial charge in [0, 0.05) is 37.8 Å². The second-order valence-electron chi connectivity index (χ2n) is 14.6. The second-order valence-corrected chi connectivity index (χ2v) is 17.0. The van der Waals surface area contributed by atoms with E-state index >= 15 is 0 Å². The van der Waals surface area contributed by atoms with Crippen LogP contribution in [0.2, 0.25) is 0 Å². The highest BCUT2D eigenvalue weighted by Crippen LogP contribution is 2.64. The van der Waals surface area contributed by atoms with Gasteiger partial charge in [-0.2, -0.15) is 9.79 Å². The summed E-state index contributed by atoms with van der Waals surface area (Å²) < 4.78 is 41.5. The molecular formula is C43H55N5O10P+. The van der Waals surface area contributed by atoms with Gasteiger partial charge in [0.25, 0.3) is 5.56 Å². The van der Waals surface area contributed by atoms with Crippen LogP contribution in [-0.4, -0.2) is 96.1 Å². The van der Waals surface area contributed by atoms with E-state index < -0.39 is 49.3 Å². The summed E-state index contributed by atoms with van der Waals surface area (Å²) in [6, 6.07) is 27.7. The van der Waals surface area contributed by atoms with E-state index in [1.807, 2.05) is 111 Å². The maximum atomic E-state index is 13.4. The Labute approximate surface area is 345 Å². The van der Waals surface area contributed by atoms with Gasteiger partial charge in [-0.25, -0.2) is 9.69 Å². The van der Waals surface area contributed by atoms with Crippen molar-refractivity contribution in [1.82, 2.24) is 19.5 Å². The van der Waals surface area contributed by atoms with Gasteiger partial charge < -0.3 is 29.0 Å². The molecule has 0 saturated carbocycles. The topological polar surface area (TPSA) is 187 Å². The Morgan fingerprint density at radius 3 is 2.02 bits per heavy atom. The number of ether oxygens (including phenoxy) is 5. The molecule has 1 aliphatic heterocycles. The van der Waals surface area contributed by atoms with Crippen molar-refractivity contribution in [3.63, 3.8) is 0 Å². The number of carbonyl (C=O) groups is 1. The molecule has 0 radical (unpaired) electrons. The number of aromatic nitrogens is 2. The minimum Gasteiger partial charge on any atom is -0.497 e. The molecule has 5 rings (SSSR count). The lowest BCUT2D eigenvalue weighted by Gasteiger charge is -2.39. The van der Waals surface area contributed by atoms with Crippen molar-refractivity contribution in [2.24, 2.45) is 0 Å². The van der Waals surface area contributed by atoms with Crippen molar-refractivity contribution in [3.8, 4) is 17.6 Å². The summed E-state index contributed by atoms with van der Waals surface area (Å²) in [5.74, 6) is 1.00. The van der Waals surface area contributed by atoms with Crippen molar-refractivity contribution in [2.45, 2.75) is 82.8 Å². The summed E-state index contributed by atoms with van der Waals surface area (Å²) in [5.41, 5.74) is -0.382. The zero-order valence-corrected chi connectivity index (χ0v) is 35.5. The van der Waals surface area contributed by atoms with Gasteiger partial charge in [-0.05, 0) is 68.7 Å². The lowest BCUT2D eigenvalue weighted by Crippen LogP contribution is -2.46. The maximum Gasteiger partial charge on any atom is 0.347 e. The van der Waals surface area contributed by atoms with Gasteiger partial charge in [-0.3, -0.25) is 19.1 Å². The highest BCUT2D eigenvalue weighted by molar-refractivity contribution is 7.63. The third-order valence-corrected chi connectivity index (χ3v) is 13.2. The molecule has 0 spiro atoms. The smallest absolute Gasteiger partial charge is 0.347 e. The van der Waals surface area contributed by atoms with Gasteiger partial charge in [0.1, 0.15) is 35.5 Å². The van der Waals surface area contributed by atoms with Crippen LogP contribution in [0.15, 0.2) is 101 Å². The van der Waals surface area contributed by atoms with Gasteiger partial charge in [-0.1, -0.05) is 54.6 Å². The predicted octanol–water partition coefficient (Wildman–Crippen LogP) is 5.15. The number of hydrogen-bond acceptors (Lipinski definition) is 12. The van der Waals surface area contributed by atoms with E-state index in [-0.39, 0.29) is 50.2 Å². The molecule has 1 aliphatic rings. The van der Waals surface area contributed by atoms with E-state index in [4.69, 9.17) is 28.2 Å². The molecule has 1 fully saturated rings. The molecule has 1 amide bonds. The third kappa shape index (κ3) is 10.3. The summed E-state index contributed by atoms with van der Waals surface area (Å²) >= 11 is 0. The first kappa shape index (κ1) is 45.2. The molecule has 15 nitrogen and oxygen atoms in total. The van der Waals surface area contributed by atoms with Crippen LogP contribution in [0.5, 0.6) is 11.5 Å². The van der Waals surface area contributed by atoms with Crippen LogP contribution in [0.4, 0.5) is 0 Å². The number of nitriles is 1. The Balaban J connectivity index is 1.71. The van der Waals surface area contributed by atoms with E-state index in [9.17, 15) is 24.5 Å². The Kier molecular flexibility index (Phi) is 15.6. The molecule has 1 saturated heterocycles. The zero-order chi connectivity index (χ0) is 42.7. The summed E-state index contributed by atoms with van der Waals surface area (Å²) in [4.78, 5) is 53.1. The van der Waals surface area contributed by atoms with Crippen molar-refractivity contribution >= 4 is 13.8 Å². The number of hydrogen-bond donors (Lipinski definition) is 3. The quantitative estimate of drug-likeness (QED) is 0.0787. The predicted molar refractivity (Wildman–Crippen MR) is 223 cm³/mol. The molecular weight excluding hydrogens is 777 g/mol. The van der Waals surface area contributed by atoms with Crippen LogP contribution < -0.4 is 26.0 Å². The van der Waals surface area contributed by atoms with Crippen molar-refractivity contribution in [1.29, 1.82) is 5.26 Å². The summed E-state index contributed by atoms with van der Waals surface area (Å²) in [6.07, 6.45) is -3.26. The average molecular weight is 833 g/mol. The highest BCUT2D eigenvalue weighted by Gasteiger charge is 2.58. The fourth-order valence-corrected chi connectivity index (χ4v) is 10.5. The molecule has 5 atom stereocenters. The first-order chi connectivity index (χ1) is 28.3. The number of aromatic amines is 1. The molecule has 0 bridgehead atoms. The summed E-state index contributed by atoms with van der Waals surface area (Å²) in [5, 5.41) is 12.3. The molecule has 1 unspecified atom stereocenters. The van der Waals surface area contributed by atoms with Gasteiger partial charge in [0.15, 0.2) is 12.3 Å².